The number of rotatable bonds is 3. The van der Waals surface area contributed by atoms with Gasteiger partial charge in [-0.2, -0.15) is 8.78 Å². The van der Waals surface area contributed by atoms with E-state index in [1.165, 1.54) is 11.6 Å². The van der Waals surface area contributed by atoms with Crippen molar-refractivity contribution in [3.8, 4) is 5.75 Å². The van der Waals surface area contributed by atoms with Gasteiger partial charge in [0.15, 0.2) is 0 Å². The maximum absolute atomic E-state index is 12.5. The SMILES string of the molecule is CN1c2ccccc2C(C)(C)[C@@]12CC(c1cccc(OC(F)F)c1)=NO2. The zero-order valence-electron chi connectivity index (χ0n) is 14.9. The van der Waals surface area contributed by atoms with Crippen LogP contribution in [0.15, 0.2) is 53.7 Å². The molecule has 2 aromatic rings. The van der Waals surface area contributed by atoms with E-state index in [-0.39, 0.29) is 11.2 Å². The number of oxime groups is 1. The van der Waals surface area contributed by atoms with Gasteiger partial charge in [-0.3, -0.25) is 0 Å². The van der Waals surface area contributed by atoms with Crippen LogP contribution < -0.4 is 9.64 Å². The van der Waals surface area contributed by atoms with Crippen molar-refractivity contribution < 1.29 is 18.4 Å². The monoisotopic (exact) mass is 358 g/mol. The molecule has 26 heavy (non-hydrogen) atoms. The molecule has 0 unspecified atom stereocenters. The Morgan fingerprint density at radius 1 is 1.15 bits per heavy atom. The Labute approximate surface area is 151 Å². The topological polar surface area (TPSA) is 34.1 Å². The summed E-state index contributed by atoms with van der Waals surface area (Å²) in [5.41, 5.74) is 2.82. The van der Waals surface area contributed by atoms with Gasteiger partial charge in [0.25, 0.3) is 0 Å². The molecule has 0 bridgehead atoms. The maximum Gasteiger partial charge on any atom is 0.387 e. The quantitative estimate of drug-likeness (QED) is 0.808. The van der Waals surface area contributed by atoms with Crippen molar-refractivity contribution in [2.24, 2.45) is 5.16 Å². The first kappa shape index (κ1) is 16.8. The summed E-state index contributed by atoms with van der Waals surface area (Å²) in [6.07, 6.45) is 0.545. The van der Waals surface area contributed by atoms with Crippen molar-refractivity contribution in [3.63, 3.8) is 0 Å². The van der Waals surface area contributed by atoms with Gasteiger partial charge in [0, 0.05) is 18.3 Å². The first-order valence-electron chi connectivity index (χ1n) is 8.49. The van der Waals surface area contributed by atoms with Gasteiger partial charge in [0.2, 0.25) is 5.72 Å². The largest absolute Gasteiger partial charge is 0.435 e. The number of para-hydroxylation sites is 1. The number of hydrogen-bond acceptors (Lipinski definition) is 4. The van der Waals surface area contributed by atoms with E-state index in [0.29, 0.717) is 6.42 Å². The van der Waals surface area contributed by atoms with Crippen molar-refractivity contribution in [3.05, 3.63) is 59.7 Å². The molecule has 4 rings (SSSR count). The summed E-state index contributed by atoms with van der Waals surface area (Å²) < 4.78 is 29.5. The van der Waals surface area contributed by atoms with Gasteiger partial charge < -0.3 is 14.5 Å². The van der Waals surface area contributed by atoms with Gasteiger partial charge in [-0.1, -0.05) is 35.5 Å². The summed E-state index contributed by atoms with van der Waals surface area (Å²) in [4.78, 5) is 8.15. The number of fused-ring (bicyclic) bond motifs is 1. The molecule has 4 nitrogen and oxygen atoms in total. The molecule has 0 radical (unpaired) electrons. The Morgan fingerprint density at radius 2 is 1.92 bits per heavy atom. The van der Waals surface area contributed by atoms with Gasteiger partial charge in [-0.25, -0.2) is 0 Å². The fourth-order valence-electron chi connectivity index (χ4n) is 4.06. The van der Waals surface area contributed by atoms with E-state index in [9.17, 15) is 8.78 Å². The Morgan fingerprint density at radius 3 is 2.65 bits per heavy atom. The average Bonchev–Trinajstić information content (AvgIpc) is 3.13. The van der Waals surface area contributed by atoms with Crippen molar-refractivity contribution >= 4 is 11.4 Å². The van der Waals surface area contributed by atoms with Crippen LogP contribution in [-0.2, 0) is 10.3 Å². The van der Waals surface area contributed by atoms with Crippen LogP contribution in [0.3, 0.4) is 0 Å². The smallest absolute Gasteiger partial charge is 0.387 e. The minimum atomic E-state index is -2.85. The highest BCUT2D eigenvalue weighted by Crippen LogP contribution is 2.55. The van der Waals surface area contributed by atoms with Crippen LogP contribution in [0, 0.1) is 0 Å². The van der Waals surface area contributed by atoms with E-state index in [1.54, 1.807) is 12.1 Å². The second kappa shape index (κ2) is 5.69. The van der Waals surface area contributed by atoms with Gasteiger partial charge in [0.05, 0.1) is 17.5 Å². The van der Waals surface area contributed by atoms with Crippen LogP contribution >= 0.6 is 0 Å². The summed E-state index contributed by atoms with van der Waals surface area (Å²) in [5.74, 6) is 0.114. The third-order valence-electron chi connectivity index (χ3n) is 5.56. The molecular formula is C20H20F2N2O2. The van der Waals surface area contributed by atoms with Gasteiger partial charge in [0.1, 0.15) is 5.75 Å². The molecule has 2 aromatic carbocycles. The molecule has 0 fully saturated rings. The molecule has 2 heterocycles. The van der Waals surface area contributed by atoms with E-state index in [1.807, 2.05) is 25.2 Å². The lowest BCUT2D eigenvalue weighted by Gasteiger charge is -2.40. The second-order valence-electron chi connectivity index (χ2n) is 7.20. The molecule has 0 saturated heterocycles. The molecule has 6 heteroatoms. The fraction of sp³-hybridized carbons (Fsp3) is 0.350. The summed E-state index contributed by atoms with van der Waals surface area (Å²) in [5, 5.41) is 4.32. The number of nitrogens with zero attached hydrogens (tertiary/aromatic N) is 2. The second-order valence-corrected chi connectivity index (χ2v) is 7.20. The van der Waals surface area contributed by atoms with Crippen molar-refractivity contribution in [1.82, 2.24) is 0 Å². The van der Waals surface area contributed by atoms with Crippen LogP contribution in [0.4, 0.5) is 14.5 Å². The van der Waals surface area contributed by atoms with Crippen molar-refractivity contribution in [1.29, 1.82) is 0 Å². The molecule has 0 N–H and O–H groups in total. The molecule has 0 aliphatic carbocycles. The van der Waals surface area contributed by atoms with Gasteiger partial charge in [-0.15, -0.1) is 0 Å². The van der Waals surface area contributed by atoms with Crippen LogP contribution in [0.25, 0.3) is 0 Å². The number of likely N-dealkylation sites (N-methyl/N-ethyl adjacent to an activating group) is 1. The van der Waals surface area contributed by atoms with Crippen LogP contribution in [-0.4, -0.2) is 25.1 Å². The highest BCUT2D eigenvalue weighted by molar-refractivity contribution is 6.02. The predicted octanol–water partition coefficient (Wildman–Crippen LogP) is 4.54. The molecule has 0 saturated carbocycles. The number of hydrogen-bond donors (Lipinski definition) is 0. The summed E-state index contributed by atoms with van der Waals surface area (Å²) >= 11 is 0. The lowest BCUT2D eigenvalue weighted by Crippen LogP contribution is -2.54. The fourth-order valence-corrected chi connectivity index (χ4v) is 4.06. The molecule has 136 valence electrons. The molecule has 1 spiro atoms. The number of ether oxygens (including phenoxy) is 1. The molecule has 0 aromatic heterocycles. The molecule has 2 aliphatic heterocycles. The zero-order valence-corrected chi connectivity index (χ0v) is 14.9. The lowest BCUT2D eigenvalue weighted by atomic mass is 9.75. The Hall–Kier alpha value is -2.63. The van der Waals surface area contributed by atoms with Crippen LogP contribution in [0.2, 0.25) is 0 Å². The van der Waals surface area contributed by atoms with Crippen LogP contribution in [0.5, 0.6) is 5.75 Å². The number of halogens is 2. The maximum atomic E-state index is 12.5. The molecule has 1 atom stereocenters. The van der Waals surface area contributed by atoms with Crippen molar-refractivity contribution in [2.75, 3.05) is 11.9 Å². The van der Waals surface area contributed by atoms with Crippen molar-refractivity contribution in [2.45, 2.75) is 38.0 Å². The highest BCUT2D eigenvalue weighted by atomic mass is 19.3. The van der Waals surface area contributed by atoms with E-state index in [0.717, 1.165) is 17.0 Å². The molecule has 2 aliphatic rings. The predicted molar refractivity (Wildman–Crippen MR) is 95.9 cm³/mol. The first-order valence-corrected chi connectivity index (χ1v) is 8.49. The standard InChI is InChI=1S/C20H20F2N2O2/c1-19(2)15-9-4-5-10-17(15)24(3)20(19)12-16(23-26-20)13-7-6-8-14(11-13)25-18(21)22/h4-11,18H,12H2,1-3H3/t20-/m0/s1. The number of alkyl halides is 2. The van der Waals surface area contributed by atoms with E-state index < -0.39 is 12.3 Å². The third kappa shape index (κ3) is 2.28. The Kier molecular flexibility index (Phi) is 3.68. The van der Waals surface area contributed by atoms with Gasteiger partial charge >= 0.3 is 6.61 Å². The summed E-state index contributed by atoms with van der Waals surface area (Å²) in [6.45, 7) is 1.43. The molecular weight excluding hydrogens is 338 g/mol. The Balaban J connectivity index is 1.66. The molecule has 0 amide bonds. The van der Waals surface area contributed by atoms with Gasteiger partial charge in [-0.05, 0) is 37.6 Å². The minimum Gasteiger partial charge on any atom is -0.435 e. The Bertz CT molecular complexity index is 882. The summed E-state index contributed by atoms with van der Waals surface area (Å²) in [7, 11) is 2.00. The van der Waals surface area contributed by atoms with E-state index >= 15 is 0 Å². The first-order chi connectivity index (χ1) is 12.3. The zero-order chi connectivity index (χ0) is 18.5. The van der Waals surface area contributed by atoms with Crippen LogP contribution in [0.1, 0.15) is 31.4 Å². The number of anilines is 1. The van der Waals surface area contributed by atoms with E-state index in [4.69, 9.17) is 4.84 Å². The van der Waals surface area contributed by atoms with E-state index in [2.05, 4.69) is 40.8 Å². The number of benzene rings is 2. The highest BCUT2D eigenvalue weighted by Gasteiger charge is 2.61. The third-order valence-corrected chi connectivity index (χ3v) is 5.56. The average molecular weight is 358 g/mol. The normalized spacial score (nSPS) is 23.2. The minimum absolute atomic E-state index is 0.114. The lowest BCUT2D eigenvalue weighted by molar-refractivity contribution is -0.0591. The summed E-state index contributed by atoms with van der Waals surface area (Å²) in [6, 6.07) is 14.8.